The van der Waals surface area contributed by atoms with Crippen molar-refractivity contribution in [2.75, 3.05) is 7.11 Å². The number of ketones is 1. The molecule has 6 aromatic carbocycles. The molecule has 2 heteroatoms. The zero-order chi connectivity index (χ0) is 30.2. The van der Waals surface area contributed by atoms with E-state index in [4.69, 9.17) is 4.74 Å². The fourth-order valence-electron chi connectivity index (χ4n) is 6.53. The van der Waals surface area contributed by atoms with E-state index in [1.807, 2.05) is 146 Å². The topological polar surface area (TPSA) is 26.3 Å². The summed E-state index contributed by atoms with van der Waals surface area (Å²) in [5, 5.41) is 0. The molecule has 44 heavy (non-hydrogen) atoms. The van der Waals surface area contributed by atoms with Gasteiger partial charge in [-0.2, -0.15) is 0 Å². The first kappa shape index (κ1) is 28.6. The van der Waals surface area contributed by atoms with Crippen LogP contribution in [0.5, 0.6) is 0 Å². The Bertz CT molecular complexity index is 1620. The SMILES string of the molecule is COC(=CC(=O)C(c1ccccc1)(c1ccccc1)c1ccccc1)C(c1ccccc1)(c1ccccc1)c1ccccc1. The molecule has 2 nitrogen and oxygen atoms in total. The predicted molar refractivity (Wildman–Crippen MR) is 179 cm³/mol. The van der Waals surface area contributed by atoms with Crippen molar-refractivity contribution in [2.24, 2.45) is 0 Å². The summed E-state index contributed by atoms with van der Waals surface area (Å²) < 4.78 is 6.39. The highest BCUT2D eigenvalue weighted by Crippen LogP contribution is 2.47. The lowest BCUT2D eigenvalue weighted by atomic mass is 9.64. The number of hydrogen-bond donors (Lipinski definition) is 0. The van der Waals surface area contributed by atoms with Crippen LogP contribution in [-0.4, -0.2) is 12.9 Å². The molecule has 0 heterocycles. The fourth-order valence-corrected chi connectivity index (χ4v) is 6.53. The highest BCUT2D eigenvalue weighted by Gasteiger charge is 2.46. The van der Waals surface area contributed by atoms with Crippen molar-refractivity contribution in [1.82, 2.24) is 0 Å². The van der Waals surface area contributed by atoms with Crippen molar-refractivity contribution in [3.8, 4) is 0 Å². The zero-order valence-electron chi connectivity index (χ0n) is 24.7. The summed E-state index contributed by atoms with van der Waals surface area (Å²) in [5.41, 5.74) is 3.65. The Morgan fingerprint density at radius 3 is 0.864 bits per heavy atom. The second-order valence-electron chi connectivity index (χ2n) is 10.8. The van der Waals surface area contributed by atoms with Gasteiger partial charge in [0.1, 0.15) is 16.6 Å². The van der Waals surface area contributed by atoms with Crippen molar-refractivity contribution in [1.29, 1.82) is 0 Å². The van der Waals surface area contributed by atoms with Gasteiger partial charge in [0, 0.05) is 6.08 Å². The number of allylic oxidation sites excluding steroid dienone is 2. The van der Waals surface area contributed by atoms with Crippen LogP contribution in [0, 0.1) is 0 Å². The number of methoxy groups -OCH3 is 1. The molecule has 0 N–H and O–H groups in total. The molecule has 0 aliphatic heterocycles. The number of hydrogen-bond acceptors (Lipinski definition) is 2. The highest BCUT2D eigenvalue weighted by atomic mass is 16.5. The first-order chi connectivity index (χ1) is 21.7. The molecule has 0 fully saturated rings. The molecule has 0 aliphatic rings. The summed E-state index contributed by atoms with van der Waals surface area (Å²) in [6, 6.07) is 61.0. The molecule has 6 rings (SSSR count). The quantitative estimate of drug-likeness (QED) is 0.0933. The molecular formula is C42H34O2. The molecule has 0 saturated heterocycles. The number of ether oxygens (including phenoxy) is 1. The van der Waals surface area contributed by atoms with E-state index in [0.717, 1.165) is 33.4 Å². The first-order valence-corrected chi connectivity index (χ1v) is 14.9. The third-order valence-electron chi connectivity index (χ3n) is 8.46. The molecule has 0 aromatic heterocycles. The normalized spacial score (nSPS) is 12.0. The molecular weight excluding hydrogens is 536 g/mol. The minimum atomic E-state index is -1.12. The van der Waals surface area contributed by atoms with Crippen LogP contribution in [0.3, 0.4) is 0 Å². The molecule has 0 amide bonds. The summed E-state index contributed by atoms with van der Waals surface area (Å²) in [6.07, 6.45) is 1.74. The van der Waals surface area contributed by atoms with Gasteiger partial charge >= 0.3 is 0 Å². The van der Waals surface area contributed by atoms with E-state index in [1.54, 1.807) is 13.2 Å². The van der Waals surface area contributed by atoms with Gasteiger partial charge in [-0.1, -0.05) is 182 Å². The van der Waals surface area contributed by atoms with Gasteiger partial charge in [-0.05, 0) is 33.4 Å². The third kappa shape index (κ3) is 4.95. The molecule has 0 radical (unpaired) electrons. The second kappa shape index (κ2) is 12.8. The largest absolute Gasteiger partial charge is 0.499 e. The van der Waals surface area contributed by atoms with Crippen LogP contribution in [0.1, 0.15) is 33.4 Å². The van der Waals surface area contributed by atoms with Crippen molar-refractivity contribution < 1.29 is 9.53 Å². The van der Waals surface area contributed by atoms with E-state index in [9.17, 15) is 0 Å². The molecule has 214 valence electrons. The monoisotopic (exact) mass is 570 g/mol. The van der Waals surface area contributed by atoms with Crippen LogP contribution in [0.15, 0.2) is 194 Å². The van der Waals surface area contributed by atoms with Gasteiger partial charge in [-0.25, -0.2) is 0 Å². The number of benzene rings is 6. The fraction of sp³-hybridized carbons (Fsp3) is 0.0714. The lowest BCUT2D eigenvalue weighted by molar-refractivity contribution is -0.117. The minimum Gasteiger partial charge on any atom is -0.499 e. The lowest BCUT2D eigenvalue weighted by Crippen LogP contribution is -2.39. The number of carbonyl (C=O) groups excluding carboxylic acids is 1. The minimum absolute atomic E-state index is 0.0925. The highest BCUT2D eigenvalue weighted by molar-refractivity contribution is 6.05. The Labute approximate surface area is 259 Å². The molecule has 0 aliphatic carbocycles. The van der Waals surface area contributed by atoms with Gasteiger partial charge in [-0.15, -0.1) is 0 Å². The van der Waals surface area contributed by atoms with Gasteiger partial charge in [0.25, 0.3) is 0 Å². The Morgan fingerprint density at radius 2 is 0.636 bits per heavy atom. The van der Waals surface area contributed by atoms with Crippen LogP contribution in [0.2, 0.25) is 0 Å². The van der Waals surface area contributed by atoms with Crippen molar-refractivity contribution in [3.63, 3.8) is 0 Å². The maximum atomic E-state index is 15.4. The number of carbonyl (C=O) groups is 1. The summed E-state index contributed by atoms with van der Waals surface area (Å²) in [6.45, 7) is 0. The number of rotatable bonds is 10. The summed E-state index contributed by atoms with van der Waals surface area (Å²) >= 11 is 0. The first-order valence-electron chi connectivity index (χ1n) is 14.9. The predicted octanol–water partition coefficient (Wildman–Crippen LogP) is 9.16. The van der Waals surface area contributed by atoms with Crippen LogP contribution in [-0.2, 0) is 20.4 Å². The van der Waals surface area contributed by atoms with Gasteiger partial charge < -0.3 is 4.74 Å². The van der Waals surface area contributed by atoms with Crippen molar-refractivity contribution in [3.05, 3.63) is 227 Å². The summed E-state index contributed by atoms with van der Waals surface area (Å²) in [5.74, 6) is 0.448. The van der Waals surface area contributed by atoms with E-state index in [1.165, 1.54) is 0 Å². The smallest absolute Gasteiger partial charge is 0.178 e. The average molecular weight is 571 g/mol. The Morgan fingerprint density at radius 1 is 0.409 bits per heavy atom. The van der Waals surface area contributed by atoms with E-state index >= 15 is 4.79 Å². The Kier molecular flexibility index (Phi) is 8.34. The van der Waals surface area contributed by atoms with Gasteiger partial charge in [-0.3, -0.25) is 4.79 Å². The summed E-state index contributed by atoms with van der Waals surface area (Å²) in [7, 11) is 1.66. The molecule has 0 saturated carbocycles. The molecule has 0 bridgehead atoms. The zero-order valence-corrected chi connectivity index (χ0v) is 24.7. The molecule has 6 aromatic rings. The lowest BCUT2D eigenvalue weighted by Gasteiger charge is -2.38. The Hall–Kier alpha value is -5.47. The maximum Gasteiger partial charge on any atom is 0.178 e. The summed E-state index contributed by atoms with van der Waals surface area (Å²) in [4.78, 5) is 15.4. The molecule has 0 atom stereocenters. The second-order valence-corrected chi connectivity index (χ2v) is 10.8. The standard InChI is InChI=1S/C42H34O2/c1-44-40(42(36-26-14-5-15-27-36,37-28-16-6-17-29-37)38-30-18-7-19-31-38)32-39(43)41(33-20-8-2-9-21-33,34-22-10-3-11-23-34)35-24-12-4-13-25-35/h2-32H,1H3. The van der Waals surface area contributed by atoms with Crippen molar-refractivity contribution >= 4 is 5.78 Å². The van der Waals surface area contributed by atoms with Crippen LogP contribution in [0.4, 0.5) is 0 Å². The Balaban J connectivity index is 1.71. The van der Waals surface area contributed by atoms with Gasteiger partial charge in [0.2, 0.25) is 0 Å². The van der Waals surface area contributed by atoms with E-state index in [2.05, 4.69) is 36.4 Å². The van der Waals surface area contributed by atoms with Crippen LogP contribution < -0.4 is 0 Å². The maximum absolute atomic E-state index is 15.4. The van der Waals surface area contributed by atoms with Gasteiger partial charge in [0.15, 0.2) is 5.78 Å². The van der Waals surface area contributed by atoms with E-state index in [0.29, 0.717) is 5.76 Å². The van der Waals surface area contributed by atoms with E-state index in [-0.39, 0.29) is 5.78 Å². The third-order valence-corrected chi connectivity index (χ3v) is 8.46. The van der Waals surface area contributed by atoms with Crippen LogP contribution >= 0.6 is 0 Å². The average Bonchev–Trinajstić information content (AvgIpc) is 3.11. The van der Waals surface area contributed by atoms with Crippen LogP contribution in [0.25, 0.3) is 0 Å². The molecule has 0 unspecified atom stereocenters. The van der Waals surface area contributed by atoms with E-state index < -0.39 is 10.8 Å². The molecule has 0 spiro atoms. The van der Waals surface area contributed by atoms with Gasteiger partial charge in [0.05, 0.1) is 7.11 Å². The van der Waals surface area contributed by atoms with Crippen molar-refractivity contribution in [2.45, 2.75) is 10.8 Å².